The van der Waals surface area contributed by atoms with E-state index in [1.54, 1.807) is 13.0 Å². The van der Waals surface area contributed by atoms with Gasteiger partial charge >= 0.3 is 0 Å². The predicted molar refractivity (Wildman–Crippen MR) is 87.8 cm³/mol. The number of nitrogens with one attached hydrogen (secondary N) is 1. The maximum atomic E-state index is 12.8. The molecule has 1 unspecified atom stereocenters. The summed E-state index contributed by atoms with van der Waals surface area (Å²) in [6.07, 6.45) is 0. The van der Waals surface area contributed by atoms with Crippen molar-refractivity contribution in [3.8, 4) is 11.5 Å². The summed E-state index contributed by atoms with van der Waals surface area (Å²) in [4.78, 5) is 0.272. The van der Waals surface area contributed by atoms with Crippen LogP contribution in [0.5, 0.6) is 11.5 Å². The predicted octanol–water partition coefficient (Wildman–Crippen LogP) is 1.42. The van der Waals surface area contributed by atoms with Gasteiger partial charge in [0.1, 0.15) is 0 Å². The fourth-order valence-corrected chi connectivity index (χ4v) is 4.25. The van der Waals surface area contributed by atoms with E-state index >= 15 is 0 Å². The summed E-state index contributed by atoms with van der Waals surface area (Å²) in [5.41, 5.74) is 0.652. The molecule has 1 aliphatic rings. The third-order valence-corrected chi connectivity index (χ3v) is 5.64. The van der Waals surface area contributed by atoms with Crippen LogP contribution in [0, 0.1) is 6.92 Å². The molecule has 0 bridgehead atoms. The highest BCUT2D eigenvalue weighted by Gasteiger charge is 2.30. The van der Waals surface area contributed by atoms with Gasteiger partial charge in [-0.1, -0.05) is 0 Å². The standard InChI is InChI=1S/C14H22N2O4S.ClH/c1-10-7-12(19-3)13(20-4)8-14(10)21(17,18)16-6-5-15-11(2)9-16;/h7-8,11,15H,5-6,9H2,1-4H3;1H. The van der Waals surface area contributed by atoms with Gasteiger partial charge in [-0.15, -0.1) is 12.4 Å². The lowest BCUT2D eigenvalue weighted by Gasteiger charge is -2.31. The van der Waals surface area contributed by atoms with Gasteiger partial charge in [0.2, 0.25) is 10.0 Å². The van der Waals surface area contributed by atoms with Crippen molar-refractivity contribution < 1.29 is 17.9 Å². The molecule has 0 radical (unpaired) electrons. The van der Waals surface area contributed by atoms with Crippen molar-refractivity contribution in [1.82, 2.24) is 9.62 Å². The van der Waals surface area contributed by atoms with E-state index in [0.29, 0.717) is 36.7 Å². The molecule has 8 heteroatoms. The first kappa shape index (κ1) is 19.0. The van der Waals surface area contributed by atoms with Crippen LogP contribution >= 0.6 is 12.4 Å². The van der Waals surface area contributed by atoms with E-state index in [2.05, 4.69) is 5.32 Å². The lowest BCUT2D eigenvalue weighted by atomic mass is 10.2. The fraction of sp³-hybridized carbons (Fsp3) is 0.571. The molecule has 1 atom stereocenters. The highest BCUT2D eigenvalue weighted by molar-refractivity contribution is 7.89. The van der Waals surface area contributed by atoms with Crippen molar-refractivity contribution in [2.24, 2.45) is 0 Å². The normalized spacial score (nSPS) is 19.4. The van der Waals surface area contributed by atoms with Gasteiger partial charge in [0, 0.05) is 31.7 Å². The summed E-state index contributed by atoms with van der Waals surface area (Å²) in [6.45, 7) is 5.34. The van der Waals surface area contributed by atoms with Crippen molar-refractivity contribution in [1.29, 1.82) is 0 Å². The summed E-state index contributed by atoms with van der Waals surface area (Å²) in [6, 6.07) is 3.38. The molecule has 2 rings (SSSR count). The SMILES string of the molecule is COc1cc(C)c(S(=O)(=O)N2CCNC(C)C2)cc1OC.Cl. The van der Waals surface area contributed by atoms with Crippen LogP contribution in [0.3, 0.4) is 0 Å². The first-order valence-corrected chi connectivity index (χ1v) is 8.30. The van der Waals surface area contributed by atoms with Gasteiger partial charge in [-0.2, -0.15) is 4.31 Å². The number of ether oxygens (including phenoxy) is 2. The molecule has 0 amide bonds. The Morgan fingerprint density at radius 1 is 1.23 bits per heavy atom. The Balaban J connectivity index is 0.00000242. The Bertz CT molecular complexity index is 622. The van der Waals surface area contributed by atoms with Crippen LogP contribution in [0.25, 0.3) is 0 Å². The third kappa shape index (κ3) is 3.65. The summed E-state index contributed by atoms with van der Waals surface area (Å²) >= 11 is 0. The molecule has 0 spiro atoms. The van der Waals surface area contributed by atoms with Crippen molar-refractivity contribution in [2.45, 2.75) is 24.8 Å². The quantitative estimate of drug-likeness (QED) is 0.889. The number of rotatable bonds is 4. The number of hydrogen-bond donors (Lipinski definition) is 1. The van der Waals surface area contributed by atoms with Crippen LogP contribution in [0.15, 0.2) is 17.0 Å². The Morgan fingerprint density at radius 2 is 1.82 bits per heavy atom. The number of halogens is 1. The second kappa shape index (κ2) is 7.50. The molecule has 1 saturated heterocycles. The molecule has 0 aliphatic carbocycles. The molecule has 1 aromatic carbocycles. The largest absolute Gasteiger partial charge is 0.493 e. The monoisotopic (exact) mass is 350 g/mol. The number of benzene rings is 1. The Labute approximate surface area is 138 Å². The van der Waals surface area contributed by atoms with Crippen molar-refractivity contribution in [3.63, 3.8) is 0 Å². The molecule has 1 fully saturated rings. The lowest BCUT2D eigenvalue weighted by molar-refractivity contribution is 0.309. The van der Waals surface area contributed by atoms with Crippen LogP contribution < -0.4 is 14.8 Å². The van der Waals surface area contributed by atoms with Gasteiger partial charge in [-0.3, -0.25) is 0 Å². The molecule has 0 aromatic heterocycles. The van der Waals surface area contributed by atoms with Gasteiger partial charge in [-0.05, 0) is 25.5 Å². The Morgan fingerprint density at radius 3 is 2.36 bits per heavy atom. The highest BCUT2D eigenvalue weighted by Crippen LogP contribution is 2.33. The Kier molecular flexibility index (Phi) is 6.49. The minimum absolute atomic E-state index is 0. The number of hydrogen-bond acceptors (Lipinski definition) is 5. The second-order valence-corrected chi connectivity index (χ2v) is 7.10. The van der Waals surface area contributed by atoms with E-state index in [4.69, 9.17) is 9.47 Å². The summed E-state index contributed by atoms with van der Waals surface area (Å²) in [5.74, 6) is 0.951. The lowest BCUT2D eigenvalue weighted by Crippen LogP contribution is -2.51. The van der Waals surface area contributed by atoms with Gasteiger partial charge in [0.05, 0.1) is 19.1 Å². The number of piperazine rings is 1. The summed E-state index contributed by atoms with van der Waals surface area (Å²) in [7, 11) is -0.498. The van der Waals surface area contributed by atoms with Crippen LogP contribution in [0.1, 0.15) is 12.5 Å². The Hall–Kier alpha value is -1.02. The molecule has 22 heavy (non-hydrogen) atoms. The molecular weight excluding hydrogens is 328 g/mol. The summed E-state index contributed by atoms with van der Waals surface area (Å²) < 4.78 is 37.6. The third-order valence-electron chi connectivity index (χ3n) is 3.63. The topological polar surface area (TPSA) is 67.9 Å². The molecule has 126 valence electrons. The zero-order chi connectivity index (χ0) is 15.6. The van der Waals surface area contributed by atoms with Crippen LogP contribution in [0.4, 0.5) is 0 Å². The maximum Gasteiger partial charge on any atom is 0.243 e. The molecular formula is C14H23ClN2O4S. The van der Waals surface area contributed by atoms with Gasteiger partial charge in [-0.25, -0.2) is 8.42 Å². The van der Waals surface area contributed by atoms with E-state index in [1.165, 1.54) is 24.6 Å². The van der Waals surface area contributed by atoms with Crippen LogP contribution in [-0.2, 0) is 10.0 Å². The van der Waals surface area contributed by atoms with Crippen LogP contribution in [-0.4, -0.2) is 52.6 Å². The number of sulfonamides is 1. The van der Waals surface area contributed by atoms with E-state index in [9.17, 15) is 8.42 Å². The average Bonchev–Trinajstić information content (AvgIpc) is 2.46. The summed E-state index contributed by atoms with van der Waals surface area (Å²) in [5, 5.41) is 3.24. The van der Waals surface area contributed by atoms with E-state index in [-0.39, 0.29) is 23.3 Å². The zero-order valence-electron chi connectivity index (χ0n) is 13.3. The van der Waals surface area contributed by atoms with Crippen LogP contribution in [0.2, 0.25) is 0 Å². The second-order valence-electron chi connectivity index (χ2n) is 5.19. The molecule has 0 saturated carbocycles. The van der Waals surface area contributed by atoms with Crippen molar-refractivity contribution >= 4 is 22.4 Å². The highest BCUT2D eigenvalue weighted by atomic mass is 35.5. The fourth-order valence-electron chi connectivity index (χ4n) is 2.49. The van der Waals surface area contributed by atoms with Crippen molar-refractivity contribution in [2.75, 3.05) is 33.9 Å². The molecule has 1 heterocycles. The average molecular weight is 351 g/mol. The molecule has 1 aliphatic heterocycles. The number of methoxy groups -OCH3 is 2. The minimum Gasteiger partial charge on any atom is -0.493 e. The minimum atomic E-state index is -3.53. The first-order valence-electron chi connectivity index (χ1n) is 6.86. The van der Waals surface area contributed by atoms with E-state index < -0.39 is 10.0 Å². The van der Waals surface area contributed by atoms with Gasteiger partial charge in [0.15, 0.2) is 11.5 Å². The molecule has 1 N–H and O–H groups in total. The van der Waals surface area contributed by atoms with E-state index in [1.807, 2.05) is 6.92 Å². The zero-order valence-corrected chi connectivity index (χ0v) is 14.9. The molecule has 1 aromatic rings. The van der Waals surface area contributed by atoms with Crippen molar-refractivity contribution in [3.05, 3.63) is 17.7 Å². The maximum absolute atomic E-state index is 12.8. The first-order chi connectivity index (χ1) is 9.90. The molecule has 6 nitrogen and oxygen atoms in total. The van der Waals surface area contributed by atoms with Gasteiger partial charge < -0.3 is 14.8 Å². The van der Waals surface area contributed by atoms with E-state index in [0.717, 1.165) is 0 Å². The number of nitrogens with zero attached hydrogens (tertiary/aromatic N) is 1. The number of aryl methyl sites for hydroxylation is 1. The smallest absolute Gasteiger partial charge is 0.243 e. The van der Waals surface area contributed by atoms with Gasteiger partial charge in [0.25, 0.3) is 0 Å².